The molecule has 0 aliphatic heterocycles. The molecule has 3 rings (SSSR count). The van der Waals surface area contributed by atoms with Crippen molar-refractivity contribution in [2.75, 3.05) is 13.7 Å². The second kappa shape index (κ2) is 8.87. The van der Waals surface area contributed by atoms with Crippen LogP contribution in [-0.4, -0.2) is 25.6 Å². The van der Waals surface area contributed by atoms with E-state index >= 15 is 0 Å². The van der Waals surface area contributed by atoms with Gasteiger partial charge in [-0.25, -0.2) is 4.39 Å². The quantitative estimate of drug-likeness (QED) is 0.741. The Labute approximate surface area is 163 Å². The molecule has 1 aliphatic rings. The molecule has 5 nitrogen and oxygen atoms in total. The molecule has 0 unspecified atom stereocenters. The Morgan fingerprint density at radius 2 is 1.75 bits per heavy atom. The van der Waals surface area contributed by atoms with Crippen molar-refractivity contribution in [3.05, 3.63) is 65.5 Å². The minimum absolute atomic E-state index is 0.263. The van der Waals surface area contributed by atoms with Crippen molar-refractivity contribution < 1.29 is 23.5 Å². The molecule has 1 N–H and O–H groups in total. The molecule has 1 saturated carbocycles. The normalized spacial score (nSPS) is 15.1. The van der Waals surface area contributed by atoms with Gasteiger partial charge >= 0.3 is 5.97 Å². The average Bonchev–Trinajstić information content (AvgIpc) is 3.22. The second-order valence-electron chi connectivity index (χ2n) is 6.93. The third kappa shape index (κ3) is 4.16. The van der Waals surface area contributed by atoms with Gasteiger partial charge in [0.25, 0.3) is 5.91 Å². The van der Waals surface area contributed by atoms with Gasteiger partial charge in [-0.3, -0.25) is 9.59 Å². The Hall–Kier alpha value is -2.89. The lowest BCUT2D eigenvalue weighted by Gasteiger charge is -2.27. The summed E-state index contributed by atoms with van der Waals surface area (Å²) in [6.07, 6.45) is 2.69. The van der Waals surface area contributed by atoms with Crippen LogP contribution in [0.4, 0.5) is 4.39 Å². The van der Waals surface area contributed by atoms with Crippen molar-refractivity contribution in [2.24, 2.45) is 0 Å². The highest BCUT2D eigenvalue weighted by Gasteiger charge is 2.45. The molecule has 0 spiro atoms. The van der Waals surface area contributed by atoms with Gasteiger partial charge in [-0.05, 0) is 25.0 Å². The third-order valence-electron chi connectivity index (χ3n) is 5.24. The summed E-state index contributed by atoms with van der Waals surface area (Å²) in [7, 11) is 1.56. The number of hydrogen-bond acceptors (Lipinski definition) is 4. The van der Waals surface area contributed by atoms with E-state index in [0.29, 0.717) is 24.2 Å². The molecule has 28 heavy (non-hydrogen) atoms. The van der Waals surface area contributed by atoms with Gasteiger partial charge in [-0.1, -0.05) is 49.2 Å². The van der Waals surface area contributed by atoms with Gasteiger partial charge in [-0.2, -0.15) is 0 Å². The number of halogens is 1. The lowest BCUT2D eigenvalue weighted by molar-refractivity contribution is -0.154. The van der Waals surface area contributed by atoms with Crippen molar-refractivity contribution in [3.8, 4) is 5.75 Å². The van der Waals surface area contributed by atoms with Gasteiger partial charge in [0.2, 0.25) is 0 Å². The maximum Gasteiger partial charge on any atom is 0.317 e. The van der Waals surface area contributed by atoms with Crippen molar-refractivity contribution in [1.29, 1.82) is 0 Å². The van der Waals surface area contributed by atoms with E-state index in [1.54, 1.807) is 31.4 Å². The average molecular weight is 385 g/mol. The number of benzene rings is 2. The van der Waals surface area contributed by atoms with Crippen LogP contribution in [0.1, 0.15) is 36.8 Å². The van der Waals surface area contributed by atoms with E-state index in [4.69, 9.17) is 9.47 Å². The Morgan fingerprint density at radius 1 is 1.07 bits per heavy atom. The molecule has 2 aromatic carbocycles. The minimum atomic E-state index is -1.01. The summed E-state index contributed by atoms with van der Waals surface area (Å²) in [4.78, 5) is 25.0. The number of amides is 1. The van der Waals surface area contributed by atoms with Gasteiger partial charge in [0.1, 0.15) is 11.6 Å². The summed E-state index contributed by atoms with van der Waals surface area (Å²) < 4.78 is 24.9. The number of para-hydroxylation sites is 1. The number of ether oxygens (including phenoxy) is 2. The summed E-state index contributed by atoms with van der Waals surface area (Å²) >= 11 is 0. The van der Waals surface area contributed by atoms with Crippen LogP contribution in [0.2, 0.25) is 0 Å². The first-order valence-electron chi connectivity index (χ1n) is 9.37. The van der Waals surface area contributed by atoms with Crippen LogP contribution >= 0.6 is 0 Å². The summed E-state index contributed by atoms with van der Waals surface area (Å²) in [5.74, 6) is -0.699. The maximum absolute atomic E-state index is 14.3. The number of esters is 1. The van der Waals surface area contributed by atoms with Crippen LogP contribution in [0.3, 0.4) is 0 Å². The molecule has 0 heterocycles. The van der Waals surface area contributed by atoms with Crippen LogP contribution in [0.5, 0.6) is 5.75 Å². The van der Waals surface area contributed by atoms with Crippen LogP contribution in [-0.2, 0) is 26.3 Å². The van der Waals surface area contributed by atoms with E-state index in [1.165, 1.54) is 6.07 Å². The molecule has 1 aliphatic carbocycles. The first kappa shape index (κ1) is 19.9. The molecule has 148 valence electrons. The standard InChI is InChI=1S/C22H24FNO4/c1-27-19-11-5-2-8-16(19)14-24-20(25)15-28-21(26)22(12-6-7-13-22)17-9-3-4-10-18(17)23/h2-5,8-11H,6-7,12-15H2,1H3,(H,24,25). The molecule has 0 radical (unpaired) electrons. The number of carbonyl (C=O) groups is 2. The highest BCUT2D eigenvalue weighted by molar-refractivity contribution is 5.86. The number of rotatable bonds is 7. The van der Waals surface area contributed by atoms with Crippen LogP contribution in [0.15, 0.2) is 48.5 Å². The summed E-state index contributed by atoms with van der Waals surface area (Å²) in [6, 6.07) is 13.6. The SMILES string of the molecule is COc1ccccc1CNC(=O)COC(=O)C1(c2ccccc2F)CCCC1. The summed E-state index contributed by atoms with van der Waals surface area (Å²) in [6.45, 7) is -0.136. The molecule has 0 atom stereocenters. The van der Waals surface area contributed by atoms with Crippen molar-refractivity contribution >= 4 is 11.9 Å². The highest BCUT2D eigenvalue weighted by Crippen LogP contribution is 2.43. The van der Waals surface area contributed by atoms with Crippen LogP contribution < -0.4 is 10.1 Å². The van der Waals surface area contributed by atoms with Gasteiger partial charge < -0.3 is 14.8 Å². The van der Waals surface area contributed by atoms with Gasteiger partial charge in [0.05, 0.1) is 12.5 Å². The zero-order valence-corrected chi connectivity index (χ0v) is 15.9. The first-order chi connectivity index (χ1) is 13.6. The van der Waals surface area contributed by atoms with Gasteiger partial charge in [0, 0.05) is 17.7 Å². The Bertz CT molecular complexity index is 846. The lowest BCUT2D eigenvalue weighted by atomic mass is 9.78. The third-order valence-corrected chi connectivity index (χ3v) is 5.24. The predicted octanol–water partition coefficient (Wildman–Crippen LogP) is 3.51. The summed E-state index contributed by atoms with van der Waals surface area (Å²) in [5, 5.41) is 2.71. The maximum atomic E-state index is 14.3. The number of nitrogens with one attached hydrogen (secondary N) is 1. The topological polar surface area (TPSA) is 64.6 Å². The van der Waals surface area contributed by atoms with E-state index in [0.717, 1.165) is 18.4 Å². The smallest absolute Gasteiger partial charge is 0.317 e. The van der Waals surface area contributed by atoms with E-state index < -0.39 is 29.7 Å². The fourth-order valence-corrected chi connectivity index (χ4v) is 3.77. The Morgan fingerprint density at radius 3 is 2.46 bits per heavy atom. The second-order valence-corrected chi connectivity index (χ2v) is 6.93. The molecule has 6 heteroatoms. The van der Waals surface area contributed by atoms with Crippen molar-refractivity contribution in [3.63, 3.8) is 0 Å². The summed E-state index contributed by atoms with van der Waals surface area (Å²) in [5.41, 5.74) is 0.170. The van der Waals surface area contributed by atoms with Crippen molar-refractivity contribution in [2.45, 2.75) is 37.6 Å². The monoisotopic (exact) mass is 385 g/mol. The predicted molar refractivity (Wildman–Crippen MR) is 102 cm³/mol. The fourth-order valence-electron chi connectivity index (χ4n) is 3.77. The first-order valence-corrected chi connectivity index (χ1v) is 9.37. The lowest BCUT2D eigenvalue weighted by Crippen LogP contribution is -2.38. The van der Waals surface area contributed by atoms with Crippen LogP contribution in [0, 0.1) is 5.82 Å². The molecule has 1 amide bonds. The molecule has 2 aromatic rings. The molecule has 0 saturated heterocycles. The van der Waals surface area contributed by atoms with E-state index in [2.05, 4.69) is 5.32 Å². The zero-order chi connectivity index (χ0) is 20.0. The highest BCUT2D eigenvalue weighted by atomic mass is 19.1. The van der Waals surface area contributed by atoms with Gasteiger partial charge in [0.15, 0.2) is 6.61 Å². The fraction of sp³-hybridized carbons (Fsp3) is 0.364. The number of methoxy groups -OCH3 is 1. The van der Waals surface area contributed by atoms with Crippen molar-refractivity contribution in [1.82, 2.24) is 5.32 Å². The van der Waals surface area contributed by atoms with E-state index in [-0.39, 0.29) is 6.54 Å². The van der Waals surface area contributed by atoms with Gasteiger partial charge in [-0.15, -0.1) is 0 Å². The minimum Gasteiger partial charge on any atom is -0.496 e. The van der Waals surface area contributed by atoms with Crippen LogP contribution in [0.25, 0.3) is 0 Å². The Balaban J connectivity index is 1.61. The zero-order valence-electron chi connectivity index (χ0n) is 15.9. The van der Waals surface area contributed by atoms with E-state index in [1.807, 2.05) is 18.2 Å². The number of hydrogen-bond donors (Lipinski definition) is 1. The number of carbonyl (C=O) groups excluding carboxylic acids is 2. The van der Waals surface area contributed by atoms with E-state index in [9.17, 15) is 14.0 Å². The molecular formula is C22H24FNO4. The largest absolute Gasteiger partial charge is 0.496 e. The molecule has 1 fully saturated rings. The Kier molecular flexibility index (Phi) is 6.29. The molecule has 0 bridgehead atoms. The molecule has 0 aromatic heterocycles. The molecular weight excluding hydrogens is 361 g/mol.